The quantitative estimate of drug-likeness (QED) is 0.404. The molecule has 6 atom stereocenters. The molecule has 9 nitrogen and oxygen atoms in total. The minimum absolute atomic E-state index is 0. The fourth-order valence-electron chi connectivity index (χ4n) is 5.08. The van der Waals surface area contributed by atoms with Gasteiger partial charge in [-0.25, -0.2) is 13.1 Å². The van der Waals surface area contributed by atoms with Gasteiger partial charge in [-0.1, -0.05) is 0 Å². The predicted molar refractivity (Wildman–Crippen MR) is 112 cm³/mol. The Kier molecular flexibility index (Phi) is 10.1. The number of alkyl halides is 3. The fraction of sp³-hybridized carbons (Fsp3) is 0.882. The first-order valence-corrected chi connectivity index (χ1v) is 11.4. The minimum atomic E-state index is -5.55. The Morgan fingerprint density at radius 1 is 1.03 bits per heavy atom. The van der Waals surface area contributed by atoms with Crippen molar-refractivity contribution in [3.63, 3.8) is 0 Å². The Hall–Kier alpha value is -0.860. The van der Waals surface area contributed by atoms with Gasteiger partial charge in [-0.05, 0) is 56.4 Å². The van der Waals surface area contributed by atoms with Crippen LogP contribution in [0.5, 0.6) is 0 Å². The molecule has 1 aliphatic carbocycles. The second-order valence-electron chi connectivity index (χ2n) is 8.54. The highest BCUT2D eigenvalue weighted by atomic mass is 35.5. The smallest absolute Gasteiger partial charge is 0.480 e. The molecule has 0 aromatic carbocycles. The van der Waals surface area contributed by atoms with Crippen LogP contribution in [0.15, 0.2) is 0 Å². The first-order valence-electron chi connectivity index (χ1n) is 9.89. The van der Waals surface area contributed by atoms with Crippen molar-refractivity contribution in [2.24, 2.45) is 17.8 Å². The van der Waals surface area contributed by atoms with Crippen LogP contribution < -0.4 is 10.0 Å². The van der Waals surface area contributed by atoms with E-state index in [1.54, 1.807) is 4.72 Å². The lowest BCUT2D eigenvalue weighted by Crippen LogP contribution is -2.50. The molecule has 0 radical (unpaired) electrons. The van der Waals surface area contributed by atoms with E-state index in [2.05, 4.69) is 5.32 Å². The number of likely N-dealkylation sites (tertiary alicyclic amines) is 1. The van der Waals surface area contributed by atoms with Crippen molar-refractivity contribution in [3.8, 4) is 0 Å². The third kappa shape index (κ3) is 6.60. The number of fused-ring (bicyclic) bond motifs is 1. The molecule has 1 saturated carbocycles. The summed E-state index contributed by atoms with van der Waals surface area (Å²) < 4.78 is 62.2. The van der Waals surface area contributed by atoms with Crippen LogP contribution in [0.25, 0.3) is 0 Å². The molecule has 3 aliphatic rings. The van der Waals surface area contributed by atoms with Gasteiger partial charge in [0.15, 0.2) is 0 Å². The van der Waals surface area contributed by atoms with Gasteiger partial charge in [-0.15, -0.1) is 24.8 Å². The Morgan fingerprint density at radius 2 is 1.69 bits per heavy atom. The SMILES string of the molecule is Cl.Cl.O=C(O)[C@@H]1C[C@H]2C[C@@H](CN3C[C@@H](NS(=O)(=O)C(F)(F)F)C[C@H]3C(=O)O)CC[C@H]2CN1. The van der Waals surface area contributed by atoms with E-state index in [4.69, 9.17) is 0 Å². The average molecular weight is 530 g/mol. The van der Waals surface area contributed by atoms with Gasteiger partial charge in [-0.3, -0.25) is 14.5 Å². The zero-order valence-electron chi connectivity index (χ0n) is 17.0. The van der Waals surface area contributed by atoms with Gasteiger partial charge in [0, 0.05) is 19.1 Å². The van der Waals surface area contributed by atoms with Crippen molar-refractivity contribution in [1.29, 1.82) is 0 Å². The van der Waals surface area contributed by atoms with Gasteiger partial charge in [0.1, 0.15) is 12.1 Å². The zero-order chi connectivity index (χ0) is 22.3. The number of carboxylic acid groups (broad SMARTS) is 2. The number of aliphatic carboxylic acids is 2. The van der Waals surface area contributed by atoms with Crippen LogP contribution in [0.3, 0.4) is 0 Å². The molecule has 2 saturated heterocycles. The summed E-state index contributed by atoms with van der Waals surface area (Å²) in [4.78, 5) is 24.4. The van der Waals surface area contributed by atoms with Crippen LogP contribution >= 0.6 is 24.8 Å². The molecule has 2 aliphatic heterocycles. The van der Waals surface area contributed by atoms with E-state index >= 15 is 0 Å². The second kappa shape index (κ2) is 11.0. The molecule has 188 valence electrons. The Balaban J connectivity index is 0.00000256. The number of nitrogens with one attached hydrogen (secondary N) is 2. The van der Waals surface area contributed by atoms with Crippen LogP contribution in [-0.2, 0) is 19.6 Å². The summed E-state index contributed by atoms with van der Waals surface area (Å²) in [7, 11) is -5.55. The Bertz CT molecular complexity index is 788. The molecule has 3 fully saturated rings. The van der Waals surface area contributed by atoms with Crippen LogP contribution in [0, 0.1) is 17.8 Å². The highest BCUT2D eigenvalue weighted by molar-refractivity contribution is 7.90. The fourth-order valence-corrected chi connectivity index (χ4v) is 5.82. The first-order chi connectivity index (χ1) is 13.9. The summed E-state index contributed by atoms with van der Waals surface area (Å²) in [6, 6.07) is -2.81. The maximum atomic E-state index is 12.6. The number of rotatable bonds is 6. The molecule has 3 rings (SSSR count). The predicted octanol–water partition coefficient (Wildman–Crippen LogP) is 1.28. The lowest BCUT2D eigenvalue weighted by molar-refractivity contribution is -0.143. The van der Waals surface area contributed by atoms with Crippen molar-refractivity contribution in [3.05, 3.63) is 0 Å². The van der Waals surface area contributed by atoms with E-state index in [1.807, 2.05) is 0 Å². The number of carboxylic acids is 2. The molecule has 0 aromatic rings. The highest BCUT2D eigenvalue weighted by Crippen LogP contribution is 2.39. The van der Waals surface area contributed by atoms with Crippen molar-refractivity contribution < 1.29 is 41.4 Å². The summed E-state index contributed by atoms with van der Waals surface area (Å²) in [6.07, 6.45) is 2.64. The average Bonchev–Trinajstić information content (AvgIpc) is 3.01. The number of halogens is 5. The molecule has 32 heavy (non-hydrogen) atoms. The maximum Gasteiger partial charge on any atom is 0.511 e. The zero-order valence-corrected chi connectivity index (χ0v) is 19.4. The standard InChI is InChI=1S/C17H26F3N3O6S.2ClH/c18-17(19,20)30(28,29)22-12-5-14(16(26)27)23(8-12)7-9-1-2-10-6-21-13(15(24)25)4-11(10)3-9;;/h9-14,21-22H,1-8H2,(H,24,25)(H,26,27);2*1H/t9-,10-,11+,12-,13-,14-;;/m0../s1. The molecule has 0 aromatic heterocycles. The van der Waals surface area contributed by atoms with Crippen LogP contribution in [0.1, 0.15) is 32.1 Å². The van der Waals surface area contributed by atoms with Crippen LogP contribution in [0.4, 0.5) is 13.2 Å². The topological polar surface area (TPSA) is 136 Å². The van der Waals surface area contributed by atoms with Gasteiger partial charge in [-0.2, -0.15) is 13.2 Å². The number of nitrogens with zero attached hydrogens (tertiary/aromatic N) is 1. The van der Waals surface area contributed by atoms with E-state index in [1.165, 1.54) is 4.90 Å². The third-order valence-corrected chi connectivity index (χ3v) is 7.77. The lowest BCUT2D eigenvalue weighted by atomic mass is 9.69. The van der Waals surface area contributed by atoms with Gasteiger partial charge < -0.3 is 15.5 Å². The maximum absolute atomic E-state index is 12.6. The second-order valence-corrected chi connectivity index (χ2v) is 10.2. The van der Waals surface area contributed by atoms with E-state index in [-0.39, 0.29) is 49.6 Å². The minimum Gasteiger partial charge on any atom is -0.480 e. The number of hydrogen-bond acceptors (Lipinski definition) is 6. The molecule has 0 bridgehead atoms. The van der Waals surface area contributed by atoms with Gasteiger partial charge >= 0.3 is 27.5 Å². The monoisotopic (exact) mass is 529 g/mol. The Morgan fingerprint density at radius 3 is 2.25 bits per heavy atom. The number of piperidine rings is 1. The number of carbonyl (C=O) groups is 2. The molecule has 0 spiro atoms. The van der Waals surface area contributed by atoms with Crippen molar-refractivity contribution in [2.45, 2.75) is 55.7 Å². The van der Waals surface area contributed by atoms with Crippen LogP contribution in [-0.4, -0.2) is 78.7 Å². The van der Waals surface area contributed by atoms with E-state index in [9.17, 15) is 41.4 Å². The van der Waals surface area contributed by atoms with Gasteiger partial charge in [0.05, 0.1) is 0 Å². The molecule has 4 N–H and O–H groups in total. The summed E-state index contributed by atoms with van der Waals surface area (Å²) >= 11 is 0. The summed E-state index contributed by atoms with van der Waals surface area (Å²) in [5.41, 5.74) is -5.45. The van der Waals surface area contributed by atoms with E-state index in [0.29, 0.717) is 25.4 Å². The van der Waals surface area contributed by atoms with E-state index in [0.717, 1.165) is 19.3 Å². The van der Waals surface area contributed by atoms with E-state index < -0.39 is 45.6 Å². The summed E-state index contributed by atoms with van der Waals surface area (Å²) in [5.74, 6) is -1.47. The normalized spacial score (nSPS) is 33.5. The number of sulfonamides is 1. The van der Waals surface area contributed by atoms with Gasteiger partial charge in [0.2, 0.25) is 0 Å². The van der Waals surface area contributed by atoms with Crippen LogP contribution in [0.2, 0.25) is 0 Å². The molecule has 0 amide bonds. The first kappa shape index (κ1) is 29.2. The summed E-state index contributed by atoms with van der Waals surface area (Å²) in [5, 5.41) is 21.7. The van der Waals surface area contributed by atoms with Gasteiger partial charge in [0.25, 0.3) is 0 Å². The summed E-state index contributed by atoms with van der Waals surface area (Å²) in [6.45, 7) is 0.836. The molecule has 15 heteroatoms. The largest absolute Gasteiger partial charge is 0.511 e. The lowest BCUT2D eigenvalue weighted by Gasteiger charge is -2.42. The molecular formula is C17H28Cl2F3N3O6S. The Labute approximate surface area is 196 Å². The van der Waals surface area contributed by atoms with Crippen molar-refractivity contribution >= 4 is 46.8 Å². The highest BCUT2D eigenvalue weighted by Gasteiger charge is 2.49. The van der Waals surface area contributed by atoms with Crippen molar-refractivity contribution in [2.75, 3.05) is 19.6 Å². The molecule has 2 heterocycles. The van der Waals surface area contributed by atoms with Crippen molar-refractivity contribution in [1.82, 2.24) is 14.9 Å². The molecule has 0 unspecified atom stereocenters. The third-order valence-electron chi connectivity index (χ3n) is 6.52. The number of hydrogen-bond donors (Lipinski definition) is 4. The molecular weight excluding hydrogens is 502 g/mol.